The largest absolute Gasteiger partial charge is 0.472 e. The molecule has 0 spiro atoms. The lowest BCUT2D eigenvalue weighted by Gasteiger charge is -2.64. The molecule has 226 valence electrons. The Bertz CT molecular complexity index is 1430. The SMILES string of the molecule is COC(=O)C(OC(C)=O)[C@H]1C(C)(C)[C@H](OC(C)=O)[C@]2(O)CC3=C(CC[C@]4(C)C3=CC(=O)O[C@H]4c3ccoc3)[C@@]1(C)C2=O. The van der Waals surface area contributed by atoms with Crippen LogP contribution in [0.5, 0.6) is 0 Å². The van der Waals surface area contributed by atoms with Crippen LogP contribution in [0.4, 0.5) is 0 Å². The molecule has 1 fully saturated rings. The van der Waals surface area contributed by atoms with Gasteiger partial charge in [0.25, 0.3) is 0 Å². The number of hydrogen-bond donors (Lipinski definition) is 1. The lowest BCUT2D eigenvalue weighted by Crippen LogP contribution is -2.75. The van der Waals surface area contributed by atoms with E-state index in [1.807, 2.05) is 6.92 Å². The molecule has 2 heterocycles. The van der Waals surface area contributed by atoms with Gasteiger partial charge in [0, 0.05) is 48.7 Å². The lowest BCUT2D eigenvalue weighted by molar-refractivity contribution is -0.234. The first-order valence-corrected chi connectivity index (χ1v) is 13.9. The van der Waals surface area contributed by atoms with Gasteiger partial charge in [-0.25, -0.2) is 9.59 Å². The number of esters is 4. The van der Waals surface area contributed by atoms with Crippen molar-refractivity contribution in [3.05, 3.63) is 47.0 Å². The maximum absolute atomic E-state index is 14.6. The number of cyclic esters (lactones) is 1. The van der Waals surface area contributed by atoms with Crippen molar-refractivity contribution in [1.29, 1.82) is 0 Å². The van der Waals surface area contributed by atoms with Crippen molar-refractivity contribution in [2.24, 2.45) is 22.2 Å². The van der Waals surface area contributed by atoms with Gasteiger partial charge in [-0.05, 0) is 37.0 Å². The van der Waals surface area contributed by atoms with E-state index >= 15 is 0 Å². The molecule has 11 heteroatoms. The van der Waals surface area contributed by atoms with E-state index in [0.717, 1.165) is 21.0 Å². The second kappa shape index (κ2) is 9.65. The van der Waals surface area contributed by atoms with Gasteiger partial charge in [0.05, 0.1) is 25.1 Å². The first-order chi connectivity index (χ1) is 19.5. The molecule has 0 aromatic carbocycles. The molecule has 1 aromatic rings. The molecule has 1 aromatic heterocycles. The monoisotopic (exact) mass is 584 g/mol. The Hall–Kier alpha value is -3.73. The van der Waals surface area contributed by atoms with Crippen LogP contribution in [0.25, 0.3) is 0 Å². The molecule has 0 saturated heterocycles. The lowest BCUT2D eigenvalue weighted by atomic mass is 9.41. The summed E-state index contributed by atoms with van der Waals surface area (Å²) < 4.78 is 27.4. The first-order valence-electron chi connectivity index (χ1n) is 13.9. The van der Waals surface area contributed by atoms with Crippen LogP contribution in [0, 0.1) is 22.2 Å². The van der Waals surface area contributed by atoms with Crippen LogP contribution in [0.1, 0.15) is 72.5 Å². The van der Waals surface area contributed by atoms with Crippen LogP contribution in [0.15, 0.2) is 45.8 Å². The summed E-state index contributed by atoms with van der Waals surface area (Å²) in [6, 6.07) is 1.72. The number of aliphatic hydroxyl groups is 1. The average molecular weight is 585 g/mol. The van der Waals surface area contributed by atoms with Gasteiger partial charge < -0.3 is 28.5 Å². The zero-order chi connectivity index (χ0) is 31.0. The highest BCUT2D eigenvalue weighted by Gasteiger charge is 2.75. The first kappa shape index (κ1) is 29.8. The molecule has 1 N–H and O–H groups in total. The van der Waals surface area contributed by atoms with Crippen molar-refractivity contribution in [2.45, 2.75) is 84.7 Å². The molecule has 5 rings (SSSR count). The van der Waals surface area contributed by atoms with Crippen molar-refractivity contribution in [1.82, 2.24) is 0 Å². The van der Waals surface area contributed by atoms with E-state index in [2.05, 4.69) is 0 Å². The quantitative estimate of drug-likeness (QED) is 0.400. The Morgan fingerprint density at radius 1 is 1.10 bits per heavy atom. The smallest absolute Gasteiger partial charge is 0.347 e. The third-order valence-electron chi connectivity index (χ3n) is 9.90. The topological polar surface area (TPSA) is 156 Å². The summed E-state index contributed by atoms with van der Waals surface area (Å²) in [5, 5.41) is 12.3. The Labute approximate surface area is 243 Å². The number of Topliss-reactive ketones (excluding diaryl/α,β-unsaturated/α-hetero) is 1. The molecule has 42 heavy (non-hydrogen) atoms. The molecular formula is C31H36O11. The van der Waals surface area contributed by atoms with Crippen LogP contribution < -0.4 is 0 Å². The molecule has 2 bridgehead atoms. The maximum atomic E-state index is 14.6. The number of rotatable bonds is 5. The van der Waals surface area contributed by atoms with E-state index in [-0.39, 0.29) is 6.42 Å². The van der Waals surface area contributed by atoms with Gasteiger partial charge in [-0.1, -0.05) is 26.3 Å². The number of allylic oxidation sites excluding steroid dienone is 1. The molecular weight excluding hydrogens is 548 g/mol. The van der Waals surface area contributed by atoms with Crippen LogP contribution in [-0.2, 0) is 42.9 Å². The van der Waals surface area contributed by atoms with Gasteiger partial charge in [0.1, 0.15) is 12.2 Å². The van der Waals surface area contributed by atoms with Gasteiger partial charge in [0.2, 0.25) is 6.10 Å². The minimum atomic E-state index is -2.22. The van der Waals surface area contributed by atoms with Crippen molar-refractivity contribution >= 4 is 29.7 Å². The number of ether oxygens (including phenoxy) is 4. The minimum Gasteiger partial charge on any atom is -0.472 e. The molecule has 3 aliphatic carbocycles. The fourth-order valence-electron chi connectivity index (χ4n) is 8.39. The highest BCUT2D eigenvalue weighted by molar-refractivity contribution is 6.01. The van der Waals surface area contributed by atoms with Gasteiger partial charge in [0.15, 0.2) is 11.4 Å². The number of ketones is 1. The second-order valence-electron chi connectivity index (χ2n) is 12.8. The molecule has 1 aliphatic heterocycles. The Morgan fingerprint density at radius 2 is 1.79 bits per heavy atom. The summed E-state index contributed by atoms with van der Waals surface area (Å²) in [7, 11) is 1.14. The zero-order valence-electron chi connectivity index (χ0n) is 24.8. The summed E-state index contributed by atoms with van der Waals surface area (Å²) in [4.78, 5) is 65.4. The molecule has 4 aliphatic rings. The predicted molar refractivity (Wildman–Crippen MR) is 143 cm³/mol. The Balaban J connectivity index is 1.80. The standard InChI is InChI=1S/C31H36O11/c1-15(32)40-22(25(35)38-7)23-28(3,4)27(41-16(2)33)31(37)13-18-19(30(23,6)26(31)36)8-10-29(5)20(18)12-21(34)42-24(29)17-9-11-39-14-17/h9,11-12,14,22-24,27,37H,8,10,13H2,1-7H3/t22?,23-,24-,27-,29+,30+,31-/m0/s1. The van der Waals surface area contributed by atoms with E-state index in [0.29, 0.717) is 35.1 Å². The predicted octanol–water partition coefficient (Wildman–Crippen LogP) is 3.30. The Kier molecular flexibility index (Phi) is 6.84. The number of carbonyl (C=O) groups is 5. The molecule has 7 atom stereocenters. The third kappa shape index (κ3) is 4.00. The van der Waals surface area contributed by atoms with Gasteiger partial charge >= 0.3 is 23.9 Å². The molecule has 0 amide bonds. The summed E-state index contributed by atoms with van der Waals surface area (Å²) in [6.07, 6.45) is 1.27. The second-order valence-corrected chi connectivity index (χ2v) is 12.8. The van der Waals surface area contributed by atoms with Gasteiger partial charge in [-0.3, -0.25) is 14.4 Å². The normalized spacial score (nSPS) is 35.6. The molecule has 0 radical (unpaired) electrons. The van der Waals surface area contributed by atoms with Crippen LogP contribution in [-0.4, -0.2) is 59.7 Å². The number of hydrogen-bond acceptors (Lipinski definition) is 11. The fourth-order valence-corrected chi connectivity index (χ4v) is 8.39. The summed E-state index contributed by atoms with van der Waals surface area (Å²) >= 11 is 0. The summed E-state index contributed by atoms with van der Waals surface area (Å²) in [5.41, 5.74) is -3.40. The van der Waals surface area contributed by atoms with E-state index in [4.69, 9.17) is 23.4 Å². The zero-order valence-corrected chi connectivity index (χ0v) is 24.8. The maximum Gasteiger partial charge on any atom is 0.347 e. The average Bonchev–Trinajstić information content (AvgIpc) is 3.43. The third-order valence-corrected chi connectivity index (χ3v) is 9.90. The summed E-state index contributed by atoms with van der Waals surface area (Å²) in [6.45, 7) is 9.23. The van der Waals surface area contributed by atoms with Crippen LogP contribution in [0.3, 0.4) is 0 Å². The van der Waals surface area contributed by atoms with E-state index in [1.165, 1.54) is 18.6 Å². The van der Waals surface area contributed by atoms with Crippen molar-refractivity contribution in [3.63, 3.8) is 0 Å². The van der Waals surface area contributed by atoms with Crippen LogP contribution in [0.2, 0.25) is 0 Å². The minimum absolute atomic E-state index is 0.228. The highest BCUT2D eigenvalue weighted by atomic mass is 16.6. The van der Waals surface area contributed by atoms with E-state index < -0.39 is 75.7 Å². The molecule has 1 saturated carbocycles. The number of carbonyl (C=O) groups excluding carboxylic acids is 5. The van der Waals surface area contributed by atoms with E-state index in [9.17, 15) is 29.1 Å². The molecule has 1 unspecified atom stereocenters. The van der Waals surface area contributed by atoms with Gasteiger partial charge in [-0.2, -0.15) is 0 Å². The van der Waals surface area contributed by atoms with E-state index in [1.54, 1.807) is 26.8 Å². The fraction of sp³-hybridized carbons (Fsp3) is 0.581. The molecule has 11 nitrogen and oxygen atoms in total. The van der Waals surface area contributed by atoms with Crippen molar-refractivity contribution in [3.8, 4) is 0 Å². The van der Waals surface area contributed by atoms with Gasteiger partial charge in [-0.15, -0.1) is 0 Å². The summed E-state index contributed by atoms with van der Waals surface area (Å²) in [5.74, 6) is -4.77. The number of furan rings is 1. The Morgan fingerprint density at radius 3 is 2.36 bits per heavy atom. The number of methoxy groups -OCH3 is 1. The van der Waals surface area contributed by atoms with Crippen molar-refractivity contribution in [2.75, 3.05) is 7.11 Å². The van der Waals surface area contributed by atoms with Crippen LogP contribution >= 0.6 is 0 Å². The highest BCUT2D eigenvalue weighted by Crippen LogP contribution is 2.68. The van der Waals surface area contributed by atoms with Crippen molar-refractivity contribution < 1.29 is 52.4 Å². The number of fused-ring (bicyclic) bond motifs is 5.